The molecule has 0 unspecified atom stereocenters. The normalized spacial score (nSPS) is 10.8. The minimum absolute atomic E-state index is 0.00197. The summed E-state index contributed by atoms with van der Waals surface area (Å²) in [5.74, 6) is -0.813. The molecule has 81 heavy (non-hydrogen) atoms. The van der Waals surface area contributed by atoms with Crippen LogP contribution in [0.2, 0.25) is 0 Å². The molecule has 0 amide bonds. The molecule has 0 bridgehead atoms. The zero-order valence-corrected chi connectivity index (χ0v) is 46.0. The number of nitro benzene ring substituents is 1. The number of nitrogens with zero attached hydrogens (tertiary/aromatic N) is 3. The molecule has 0 aliphatic rings. The molecular weight excluding hydrogens is 1040 g/mol. The molecule has 430 valence electrons. The van der Waals surface area contributed by atoms with Crippen LogP contribution < -0.4 is 23.7 Å². The molecule has 0 atom stereocenters. The third-order valence-corrected chi connectivity index (χ3v) is 12.4. The van der Waals surface area contributed by atoms with E-state index in [-0.39, 0.29) is 40.5 Å². The maximum Gasteiger partial charge on any atom is 0.344 e. The molecule has 0 aliphatic heterocycles. The highest BCUT2D eigenvalue weighted by molar-refractivity contribution is 6.06. The highest BCUT2D eigenvalue weighted by Gasteiger charge is 2.23. The molecule has 0 aromatic heterocycles. The molecular formula is C63H73N3O15. The lowest BCUT2D eigenvalue weighted by Crippen LogP contribution is -2.18. The second-order valence-electron chi connectivity index (χ2n) is 18.7. The average molecular weight is 1110 g/mol. The molecule has 18 heteroatoms. The summed E-state index contributed by atoms with van der Waals surface area (Å²) in [6.07, 6.45) is 18.9. The third-order valence-electron chi connectivity index (χ3n) is 12.4. The fourth-order valence-electron chi connectivity index (χ4n) is 7.93. The van der Waals surface area contributed by atoms with Crippen LogP contribution in [-0.2, 0) is 23.8 Å². The number of rotatable bonds is 40. The van der Waals surface area contributed by atoms with Crippen molar-refractivity contribution in [2.75, 3.05) is 39.6 Å². The van der Waals surface area contributed by atoms with Gasteiger partial charge in [-0.25, -0.2) is 24.0 Å². The van der Waals surface area contributed by atoms with E-state index >= 15 is 0 Å². The van der Waals surface area contributed by atoms with Crippen molar-refractivity contribution in [3.63, 3.8) is 0 Å². The molecule has 0 fully saturated rings. The van der Waals surface area contributed by atoms with Crippen LogP contribution in [0.25, 0.3) is 0 Å². The van der Waals surface area contributed by atoms with E-state index in [9.17, 15) is 34.1 Å². The second kappa shape index (κ2) is 37.2. The van der Waals surface area contributed by atoms with E-state index in [1.165, 1.54) is 30.3 Å². The van der Waals surface area contributed by atoms with Gasteiger partial charge in [-0.1, -0.05) is 64.5 Å². The van der Waals surface area contributed by atoms with Crippen LogP contribution in [0.5, 0.6) is 28.7 Å². The fraction of sp³-hybridized carbons (Fsp3) is 0.381. The lowest BCUT2D eigenvalue weighted by Gasteiger charge is -2.12. The number of non-ortho nitro benzene ring substituents is 1. The molecule has 0 spiro atoms. The number of carbonyl (C=O) groups is 5. The number of unbranched alkanes of at least 4 members (excludes halogenated alkanes) is 15. The van der Waals surface area contributed by atoms with Crippen LogP contribution in [0.3, 0.4) is 0 Å². The van der Waals surface area contributed by atoms with Gasteiger partial charge in [0.1, 0.15) is 28.7 Å². The van der Waals surface area contributed by atoms with Gasteiger partial charge in [0.05, 0.1) is 72.6 Å². The Bertz CT molecular complexity index is 2780. The molecule has 5 aromatic rings. The van der Waals surface area contributed by atoms with Crippen LogP contribution >= 0.6 is 0 Å². The minimum atomic E-state index is -0.820. The van der Waals surface area contributed by atoms with Crippen molar-refractivity contribution < 1.29 is 66.8 Å². The van der Waals surface area contributed by atoms with Gasteiger partial charge < -0.3 is 37.9 Å². The van der Waals surface area contributed by atoms with Gasteiger partial charge in [-0.05, 0) is 167 Å². The smallest absolute Gasteiger partial charge is 0.344 e. The van der Waals surface area contributed by atoms with Crippen molar-refractivity contribution in [2.45, 2.75) is 116 Å². The number of ether oxygens (including phenoxy) is 8. The van der Waals surface area contributed by atoms with E-state index in [0.29, 0.717) is 62.3 Å². The van der Waals surface area contributed by atoms with Crippen molar-refractivity contribution >= 4 is 46.9 Å². The zero-order chi connectivity index (χ0) is 57.7. The Morgan fingerprint density at radius 2 is 0.741 bits per heavy atom. The Balaban J connectivity index is 1.02. The molecule has 0 heterocycles. The van der Waals surface area contributed by atoms with Gasteiger partial charge in [0, 0.05) is 24.3 Å². The van der Waals surface area contributed by atoms with Crippen LogP contribution in [-0.4, -0.2) is 74.4 Å². The lowest BCUT2D eigenvalue weighted by molar-refractivity contribution is -0.384. The van der Waals surface area contributed by atoms with Crippen molar-refractivity contribution in [3.8, 4) is 28.7 Å². The molecule has 0 aliphatic carbocycles. The van der Waals surface area contributed by atoms with E-state index in [4.69, 9.17) is 37.9 Å². The van der Waals surface area contributed by atoms with Crippen LogP contribution in [0.4, 0.5) is 17.1 Å². The summed E-state index contributed by atoms with van der Waals surface area (Å²) in [6.45, 7) is 9.15. The van der Waals surface area contributed by atoms with Crippen molar-refractivity contribution in [2.24, 2.45) is 10.2 Å². The number of azo groups is 1. The zero-order valence-electron chi connectivity index (χ0n) is 46.0. The Morgan fingerprint density at radius 3 is 1.15 bits per heavy atom. The van der Waals surface area contributed by atoms with E-state index < -0.39 is 34.8 Å². The number of nitro groups is 1. The lowest BCUT2D eigenvalue weighted by atomic mass is 10.0. The summed E-state index contributed by atoms with van der Waals surface area (Å²) < 4.78 is 44.5. The number of hydrogen-bond donors (Lipinski definition) is 0. The van der Waals surface area contributed by atoms with Gasteiger partial charge in [-0.15, -0.1) is 0 Å². The van der Waals surface area contributed by atoms with E-state index in [0.717, 1.165) is 127 Å². The number of benzene rings is 5. The van der Waals surface area contributed by atoms with Gasteiger partial charge in [0.2, 0.25) is 0 Å². The van der Waals surface area contributed by atoms with Crippen molar-refractivity contribution in [3.05, 3.63) is 167 Å². The van der Waals surface area contributed by atoms with Crippen molar-refractivity contribution in [1.82, 2.24) is 0 Å². The summed E-state index contributed by atoms with van der Waals surface area (Å²) in [7, 11) is 0. The Hall–Kier alpha value is -8.67. The summed E-state index contributed by atoms with van der Waals surface area (Å²) in [6, 6.07) is 30.3. The molecule has 5 rings (SSSR count). The maximum absolute atomic E-state index is 13.7. The van der Waals surface area contributed by atoms with Crippen LogP contribution in [0.1, 0.15) is 147 Å². The summed E-state index contributed by atoms with van der Waals surface area (Å²) in [5.41, 5.74) is 0.959. The summed E-state index contributed by atoms with van der Waals surface area (Å²) in [5, 5.41) is 19.2. The number of esters is 5. The second-order valence-corrected chi connectivity index (χ2v) is 18.7. The topological polar surface area (TPSA) is 227 Å². The highest BCUT2D eigenvalue weighted by Crippen LogP contribution is 2.26. The molecule has 0 radical (unpaired) electrons. The minimum Gasteiger partial charge on any atom is -0.494 e. The number of hydrogen-bond acceptors (Lipinski definition) is 17. The Labute approximate surface area is 473 Å². The highest BCUT2D eigenvalue weighted by atomic mass is 16.6. The molecule has 0 saturated heterocycles. The van der Waals surface area contributed by atoms with Crippen molar-refractivity contribution in [1.29, 1.82) is 0 Å². The standard InChI is InChI=1S/C63H73N3O15/c1-3-59(67)77-44-20-15-13-18-42-75-53-32-36-55(37-33-53)80-61(69)48-23-40-57(63(71)81-56-38-34-54(35-39-56)76-43-19-14-16-21-45-78-60(68)4-2)58(47-48)62(70)79-46-22-12-10-8-6-5-7-9-11-17-41-74-52-30-26-50(27-31-52)65-64-49-24-28-51(29-25-49)66(72)73/h3-4,23-40,47H,1-2,5-22,41-46H2. The van der Waals surface area contributed by atoms with E-state index in [2.05, 4.69) is 23.4 Å². The first-order valence-electron chi connectivity index (χ1n) is 27.7. The van der Waals surface area contributed by atoms with Gasteiger partial charge in [0.25, 0.3) is 5.69 Å². The summed E-state index contributed by atoms with van der Waals surface area (Å²) >= 11 is 0. The first-order chi connectivity index (χ1) is 39.5. The molecule has 0 saturated carbocycles. The maximum atomic E-state index is 13.7. The monoisotopic (exact) mass is 1110 g/mol. The third kappa shape index (κ3) is 25.3. The van der Waals surface area contributed by atoms with Crippen LogP contribution in [0.15, 0.2) is 151 Å². The van der Waals surface area contributed by atoms with E-state index in [1.807, 2.05) is 12.1 Å². The molecule has 18 nitrogen and oxygen atoms in total. The number of carbonyl (C=O) groups excluding carboxylic acids is 5. The van der Waals surface area contributed by atoms with Gasteiger partial charge in [-0.3, -0.25) is 10.1 Å². The molecule has 0 N–H and O–H groups in total. The van der Waals surface area contributed by atoms with Crippen LogP contribution in [0, 0.1) is 10.1 Å². The van der Waals surface area contributed by atoms with Gasteiger partial charge >= 0.3 is 29.8 Å². The quantitative estimate of drug-likeness (QED) is 0.00519. The average Bonchev–Trinajstić information content (AvgIpc) is 3.51. The molecule has 5 aromatic carbocycles. The van der Waals surface area contributed by atoms with Gasteiger partial charge in [-0.2, -0.15) is 10.2 Å². The predicted octanol–water partition coefficient (Wildman–Crippen LogP) is 14.9. The van der Waals surface area contributed by atoms with Gasteiger partial charge in [0.15, 0.2) is 0 Å². The Kier molecular flexibility index (Phi) is 29.0. The SMILES string of the molecule is C=CC(=O)OCCCCCCOc1ccc(OC(=O)c2ccc(C(=O)Oc3ccc(OCCCCCCOC(=O)C=C)cc3)c(C(=O)OCCCCCCCCCCCCOc3ccc(N=Nc4ccc([N+](=O)[O-])cc4)cc3)c2)cc1. The first kappa shape index (κ1) is 63.2. The summed E-state index contributed by atoms with van der Waals surface area (Å²) in [4.78, 5) is 73.5. The Morgan fingerprint density at radius 1 is 0.395 bits per heavy atom. The van der Waals surface area contributed by atoms with E-state index in [1.54, 1.807) is 72.8 Å². The largest absolute Gasteiger partial charge is 0.494 e. The first-order valence-corrected chi connectivity index (χ1v) is 27.7. The fourth-order valence-corrected chi connectivity index (χ4v) is 7.93. The predicted molar refractivity (Wildman–Crippen MR) is 305 cm³/mol.